The highest BCUT2D eigenvalue weighted by atomic mass is 16.1. The molecule has 0 saturated carbocycles. The van der Waals surface area contributed by atoms with Crippen molar-refractivity contribution >= 4 is 5.91 Å². The minimum Gasteiger partial charge on any atom is -0.346 e. The highest BCUT2D eigenvalue weighted by Gasteiger charge is 2.18. The van der Waals surface area contributed by atoms with Gasteiger partial charge in [0.1, 0.15) is 0 Å². The van der Waals surface area contributed by atoms with Gasteiger partial charge in [0.15, 0.2) is 0 Å². The van der Waals surface area contributed by atoms with E-state index in [2.05, 4.69) is 35.0 Å². The van der Waals surface area contributed by atoms with E-state index >= 15 is 0 Å². The normalized spacial score (nSPS) is 14.4. The maximum Gasteiger partial charge on any atom is 0.251 e. The van der Waals surface area contributed by atoms with Crippen molar-refractivity contribution in [2.45, 2.75) is 45.6 Å². The minimum absolute atomic E-state index is 0.0166. The van der Waals surface area contributed by atoms with Crippen LogP contribution >= 0.6 is 0 Å². The first-order valence-electron chi connectivity index (χ1n) is 9.80. The van der Waals surface area contributed by atoms with Crippen LogP contribution in [0.15, 0.2) is 60.7 Å². The van der Waals surface area contributed by atoms with Gasteiger partial charge < -0.3 is 9.88 Å². The number of carbonyl (C=O) groups excluding carboxylic acids is 1. The molecule has 1 N–H and O–H groups in total. The van der Waals surface area contributed by atoms with Crippen LogP contribution in [-0.2, 0) is 12.8 Å². The number of amides is 1. The van der Waals surface area contributed by atoms with Crippen LogP contribution in [0.5, 0.6) is 0 Å². The van der Waals surface area contributed by atoms with Crippen molar-refractivity contribution in [1.29, 1.82) is 0 Å². The lowest BCUT2D eigenvalue weighted by Gasteiger charge is -2.17. The predicted octanol–water partition coefficient (Wildman–Crippen LogP) is 5.16. The molecule has 0 radical (unpaired) electrons. The fourth-order valence-corrected chi connectivity index (χ4v) is 4.08. The van der Waals surface area contributed by atoms with E-state index in [0.29, 0.717) is 5.56 Å². The number of hydrogen-bond acceptors (Lipinski definition) is 1. The zero-order valence-electron chi connectivity index (χ0n) is 16.0. The molecular weight excluding hydrogens is 332 g/mol. The van der Waals surface area contributed by atoms with Gasteiger partial charge in [0.2, 0.25) is 0 Å². The zero-order chi connectivity index (χ0) is 18.8. The van der Waals surface area contributed by atoms with Crippen molar-refractivity contribution in [3.63, 3.8) is 0 Å². The van der Waals surface area contributed by atoms with E-state index < -0.39 is 0 Å². The van der Waals surface area contributed by atoms with Crippen LogP contribution in [0.4, 0.5) is 0 Å². The summed E-state index contributed by atoms with van der Waals surface area (Å²) >= 11 is 0. The molecule has 2 aromatic carbocycles. The van der Waals surface area contributed by atoms with Crippen molar-refractivity contribution in [1.82, 2.24) is 9.88 Å². The number of nitrogens with zero attached hydrogens (tertiary/aromatic N) is 1. The van der Waals surface area contributed by atoms with Crippen molar-refractivity contribution in [3.05, 3.63) is 88.7 Å². The molecule has 0 aliphatic heterocycles. The molecule has 1 aliphatic rings. The van der Waals surface area contributed by atoms with Crippen LogP contribution in [0, 0.1) is 6.92 Å². The molecule has 1 aliphatic carbocycles. The molecule has 3 nitrogen and oxygen atoms in total. The van der Waals surface area contributed by atoms with Crippen molar-refractivity contribution in [2.75, 3.05) is 0 Å². The quantitative estimate of drug-likeness (QED) is 0.687. The number of carbonyl (C=O) groups is 1. The largest absolute Gasteiger partial charge is 0.346 e. The van der Waals surface area contributed by atoms with Crippen molar-refractivity contribution in [2.24, 2.45) is 0 Å². The number of aryl methyl sites for hydroxylation is 2. The minimum atomic E-state index is -0.0378. The fourth-order valence-electron chi connectivity index (χ4n) is 4.08. The average Bonchev–Trinajstić information content (AvgIpc) is 3.04. The van der Waals surface area contributed by atoms with Crippen LogP contribution in [0.3, 0.4) is 0 Å². The van der Waals surface area contributed by atoms with Gasteiger partial charge in [-0.15, -0.1) is 0 Å². The first kappa shape index (κ1) is 17.6. The lowest BCUT2D eigenvalue weighted by Crippen LogP contribution is -2.26. The number of fused-ring (bicyclic) bond motifs is 1. The van der Waals surface area contributed by atoms with Crippen LogP contribution in [0.25, 0.3) is 5.69 Å². The van der Waals surface area contributed by atoms with E-state index in [9.17, 15) is 4.79 Å². The third-order valence-electron chi connectivity index (χ3n) is 5.52. The van der Waals surface area contributed by atoms with Gasteiger partial charge in [-0.25, -0.2) is 0 Å². The van der Waals surface area contributed by atoms with E-state index in [-0.39, 0.29) is 11.9 Å². The van der Waals surface area contributed by atoms with Gasteiger partial charge in [0.25, 0.3) is 5.91 Å². The van der Waals surface area contributed by atoms with E-state index in [1.807, 2.05) is 49.4 Å². The molecule has 3 aromatic rings. The van der Waals surface area contributed by atoms with E-state index in [1.165, 1.54) is 36.2 Å². The summed E-state index contributed by atoms with van der Waals surface area (Å²) in [6.07, 6.45) is 4.87. The number of benzene rings is 2. The summed E-state index contributed by atoms with van der Waals surface area (Å²) in [5.74, 6) is -0.0378. The average molecular weight is 358 g/mol. The first-order chi connectivity index (χ1) is 13.1. The number of nitrogens with one attached hydrogen (secondary N) is 1. The van der Waals surface area contributed by atoms with Crippen LogP contribution < -0.4 is 5.32 Å². The number of aromatic nitrogens is 1. The summed E-state index contributed by atoms with van der Waals surface area (Å²) in [7, 11) is 0. The number of hydrogen-bond donors (Lipinski definition) is 1. The summed E-state index contributed by atoms with van der Waals surface area (Å²) in [4.78, 5) is 12.6. The maximum absolute atomic E-state index is 12.6. The van der Waals surface area contributed by atoms with E-state index in [4.69, 9.17) is 0 Å². The molecule has 1 unspecified atom stereocenters. The van der Waals surface area contributed by atoms with Crippen molar-refractivity contribution in [3.8, 4) is 5.69 Å². The summed E-state index contributed by atoms with van der Waals surface area (Å²) in [5.41, 5.74) is 7.14. The highest BCUT2D eigenvalue weighted by Crippen LogP contribution is 2.28. The number of rotatable bonds is 4. The Bertz CT molecular complexity index is 939. The standard InChI is InChI=1S/C24H26N2O/c1-17-16-21-10-6-7-11-23(21)26(17)22-14-12-20(13-15-22)24(27)25-18(2)19-8-4-3-5-9-19/h3-5,8-9,12-16,18H,6-7,10-11H2,1-2H3,(H,25,27). The lowest BCUT2D eigenvalue weighted by atomic mass is 9.98. The Morgan fingerprint density at radius 3 is 2.44 bits per heavy atom. The smallest absolute Gasteiger partial charge is 0.251 e. The summed E-state index contributed by atoms with van der Waals surface area (Å²) in [5, 5.41) is 3.08. The van der Waals surface area contributed by atoms with Gasteiger partial charge >= 0.3 is 0 Å². The van der Waals surface area contributed by atoms with Crippen molar-refractivity contribution < 1.29 is 4.79 Å². The Hall–Kier alpha value is -2.81. The molecule has 1 aromatic heterocycles. The van der Waals surface area contributed by atoms with Crippen LogP contribution in [0.1, 0.15) is 58.7 Å². The topological polar surface area (TPSA) is 34.0 Å². The van der Waals surface area contributed by atoms with Gasteiger partial charge in [0.05, 0.1) is 6.04 Å². The SMILES string of the molecule is Cc1cc2c(n1-c1ccc(C(=O)NC(C)c3ccccc3)cc1)CCCC2. The second kappa shape index (κ2) is 7.43. The molecule has 138 valence electrons. The summed E-state index contributed by atoms with van der Waals surface area (Å²) in [6.45, 7) is 4.18. The second-order valence-corrected chi connectivity index (χ2v) is 7.45. The van der Waals surface area contributed by atoms with Gasteiger partial charge in [-0.3, -0.25) is 4.79 Å². The highest BCUT2D eigenvalue weighted by molar-refractivity contribution is 5.94. The molecule has 1 amide bonds. The van der Waals surface area contributed by atoms with Crippen LogP contribution in [-0.4, -0.2) is 10.5 Å². The molecule has 0 spiro atoms. The molecule has 0 fully saturated rings. The molecule has 4 rings (SSSR count). The molecular formula is C24H26N2O. The molecule has 3 heteroatoms. The monoisotopic (exact) mass is 358 g/mol. The molecule has 0 saturated heterocycles. The summed E-state index contributed by atoms with van der Waals surface area (Å²) in [6, 6.07) is 20.3. The van der Waals surface area contributed by atoms with Gasteiger partial charge in [0, 0.05) is 22.6 Å². The Morgan fingerprint density at radius 1 is 1.00 bits per heavy atom. The molecule has 1 heterocycles. The Balaban J connectivity index is 1.53. The fraction of sp³-hybridized carbons (Fsp3) is 0.292. The Labute approximate surface area is 161 Å². The lowest BCUT2D eigenvalue weighted by molar-refractivity contribution is 0.0940. The first-order valence-corrected chi connectivity index (χ1v) is 9.80. The second-order valence-electron chi connectivity index (χ2n) is 7.45. The Kier molecular flexibility index (Phi) is 4.85. The summed E-state index contributed by atoms with van der Waals surface area (Å²) < 4.78 is 2.35. The van der Waals surface area contributed by atoms with Crippen LogP contribution in [0.2, 0.25) is 0 Å². The van der Waals surface area contributed by atoms with Gasteiger partial charge in [-0.2, -0.15) is 0 Å². The Morgan fingerprint density at radius 2 is 1.70 bits per heavy atom. The third-order valence-corrected chi connectivity index (χ3v) is 5.52. The predicted molar refractivity (Wildman–Crippen MR) is 109 cm³/mol. The zero-order valence-corrected chi connectivity index (χ0v) is 16.0. The third kappa shape index (κ3) is 3.55. The molecule has 27 heavy (non-hydrogen) atoms. The maximum atomic E-state index is 12.6. The van der Waals surface area contributed by atoms with Gasteiger partial charge in [-0.1, -0.05) is 30.3 Å². The van der Waals surface area contributed by atoms with E-state index in [0.717, 1.165) is 17.7 Å². The van der Waals surface area contributed by atoms with E-state index in [1.54, 1.807) is 0 Å². The van der Waals surface area contributed by atoms with Gasteiger partial charge in [-0.05, 0) is 81.0 Å². The molecule has 0 bridgehead atoms. The molecule has 1 atom stereocenters.